The van der Waals surface area contributed by atoms with Crippen LogP contribution in [0.25, 0.3) is 0 Å². The summed E-state index contributed by atoms with van der Waals surface area (Å²) in [6.07, 6.45) is 6.06. The van der Waals surface area contributed by atoms with Gasteiger partial charge in [0.1, 0.15) is 9.79 Å². The molecule has 0 spiro atoms. The minimum absolute atomic E-state index is 0.0116. The first kappa shape index (κ1) is 51.7. The lowest BCUT2D eigenvalue weighted by atomic mass is 10.0. The van der Waals surface area contributed by atoms with E-state index in [1.165, 1.54) is 51.6 Å². The second kappa shape index (κ2) is 23.6. The molecule has 0 aliphatic carbocycles. The Bertz CT molecular complexity index is 3060. The van der Waals surface area contributed by atoms with Crippen molar-refractivity contribution >= 4 is 72.1 Å². The van der Waals surface area contributed by atoms with E-state index in [0.717, 1.165) is 16.7 Å². The van der Waals surface area contributed by atoms with Crippen LogP contribution in [-0.4, -0.2) is 76.1 Å². The summed E-state index contributed by atoms with van der Waals surface area (Å²) in [5.41, 5.74) is 3.30. The van der Waals surface area contributed by atoms with Crippen molar-refractivity contribution < 1.29 is 36.3 Å². The molecule has 69 heavy (non-hydrogen) atoms. The van der Waals surface area contributed by atoms with Crippen molar-refractivity contribution in [1.82, 2.24) is 20.6 Å². The predicted molar refractivity (Wildman–Crippen MR) is 269 cm³/mol. The number of methoxy groups -OCH3 is 1. The van der Waals surface area contributed by atoms with E-state index >= 15 is 0 Å². The Morgan fingerprint density at radius 2 is 1.22 bits per heavy atom. The summed E-state index contributed by atoms with van der Waals surface area (Å²) >= 11 is 12.0. The Kier molecular flexibility index (Phi) is 17.7. The molecule has 0 saturated carbocycles. The molecule has 3 N–H and O–H groups in total. The van der Waals surface area contributed by atoms with Gasteiger partial charge in [-0.05, 0) is 128 Å². The Hall–Kier alpha value is -6.66. The number of para-hydroxylation sites is 1. The summed E-state index contributed by atoms with van der Waals surface area (Å²) in [5, 5.41) is 16.2. The monoisotopic (exact) mass is 1010 g/mol. The fourth-order valence-corrected chi connectivity index (χ4v) is 9.90. The second-order valence-electron chi connectivity index (χ2n) is 16.1. The highest BCUT2D eigenvalue weighted by molar-refractivity contribution is 7.93. The summed E-state index contributed by atoms with van der Waals surface area (Å²) < 4.78 is 62.5. The van der Waals surface area contributed by atoms with E-state index in [-0.39, 0.29) is 40.1 Å². The summed E-state index contributed by atoms with van der Waals surface area (Å²) in [6.45, 7) is 3.93. The van der Waals surface area contributed by atoms with Crippen LogP contribution in [0.15, 0.2) is 180 Å². The summed E-state index contributed by atoms with van der Waals surface area (Å²) in [6, 6.07) is 40.5. The molecule has 2 amide bonds. The molecule has 7 rings (SSSR count). The van der Waals surface area contributed by atoms with Gasteiger partial charge in [0.15, 0.2) is 0 Å². The molecule has 0 saturated heterocycles. The normalized spacial score (nSPS) is 11.4. The molecule has 0 fully saturated rings. The smallest absolute Gasteiger partial charge is 0.270 e. The lowest BCUT2D eigenvalue weighted by Crippen LogP contribution is -2.46. The molecular weight excluding hydrogens is 960 g/mol. The van der Waals surface area contributed by atoms with Gasteiger partial charge in [-0.2, -0.15) is 0 Å². The molecule has 5 aromatic carbocycles. The Morgan fingerprint density at radius 1 is 0.667 bits per heavy atom. The molecule has 0 bridgehead atoms. The highest BCUT2D eigenvalue weighted by atomic mass is 35.5. The number of pyridine rings is 2. The van der Waals surface area contributed by atoms with Gasteiger partial charge in [0.2, 0.25) is 0 Å². The number of carbonyl (C=O) groups is 2. The van der Waals surface area contributed by atoms with Crippen LogP contribution in [0.4, 0.5) is 17.1 Å². The van der Waals surface area contributed by atoms with Gasteiger partial charge in [0, 0.05) is 59.6 Å². The molecule has 0 unspecified atom stereocenters. The first-order valence-corrected chi connectivity index (χ1v) is 25.0. The van der Waals surface area contributed by atoms with Gasteiger partial charge in [0.05, 0.1) is 42.4 Å². The van der Waals surface area contributed by atoms with E-state index in [0.29, 0.717) is 46.6 Å². The number of anilines is 3. The first-order chi connectivity index (χ1) is 33.0. The molecule has 0 aliphatic rings. The third-order valence-corrected chi connectivity index (χ3v) is 14.3. The maximum Gasteiger partial charge on any atom is 0.270 e. The van der Waals surface area contributed by atoms with Gasteiger partial charge in [-0.1, -0.05) is 77.8 Å². The predicted octanol–water partition coefficient (Wildman–Crippen LogP) is 8.86. The van der Waals surface area contributed by atoms with Gasteiger partial charge in [-0.25, -0.2) is 21.1 Å². The first-order valence-electron chi connectivity index (χ1n) is 21.4. The van der Waals surface area contributed by atoms with E-state index in [1.807, 2.05) is 24.3 Å². The Balaban J connectivity index is 0.000000232. The van der Waals surface area contributed by atoms with E-state index in [1.54, 1.807) is 124 Å². The third kappa shape index (κ3) is 13.7. The van der Waals surface area contributed by atoms with Crippen molar-refractivity contribution in [3.8, 4) is 0 Å². The average molecular weight is 1010 g/mol. The lowest BCUT2D eigenvalue weighted by Gasteiger charge is -2.28. The molecule has 18 heteroatoms. The van der Waals surface area contributed by atoms with Crippen LogP contribution in [0.5, 0.6) is 0 Å². The molecule has 14 nitrogen and oxygen atoms in total. The van der Waals surface area contributed by atoms with Crippen LogP contribution in [0.2, 0.25) is 10.0 Å². The number of aliphatic hydroxyl groups excluding tert-OH is 1. The number of nitrogens with zero attached hydrogens (tertiary/aromatic N) is 4. The quantitative estimate of drug-likeness (QED) is 0.0701. The standard InChI is InChI=1S/C29H28ClN3O4S.C22H22ClN3O4S/c1-29(2,20-34)32-28(35)23-8-5-9-25(18-23)33(38(36,37)26-10-6-16-31-19-26)27-11-4-3-7-22(27)17-21-12-14-24(30)15-13-21;1-30-13-12-25-22(27)18-4-2-5-20(14-18)26(16-17-7-9-19(23)10-8-17)31(28,29)21-6-3-11-24-15-21/h3-16,18-19,34H,17,20H2,1-2H3,(H,32,35);2-11,14-15H,12-13,16H2,1H3,(H,25,27). The number of hydrogen-bond donors (Lipinski definition) is 3. The number of aromatic nitrogens is 2. The summed E-state index contributed by atoms with van der Waals surface area (Å²) in [7, 11) is -6.53. The fraction of sp³-hybridized carbons (Fsp3) is 0.176. The average Bonchev–Trinajstić information content (AvgIpc) is 3.35. The van der Waals surface area contributed by atoms with E-state index in [9.17, 15) is 31.5 Å². The van der Waals surface area contributed by atoms with Crippen LogP contribution < -0.4 is 19.2 Å². The van der Waals surface area contributed by atoms with Crippen LogP contribution in [0, 0.1) is 0 Å². The number of hydrogen-bond acceptors (Lipinski definition) is 10. The number of halogens is 2. The number of aliphatic hydroxyl groups is 1. The molecule has 7 aromatic rings. The van der Waals surface area contributed by atoms with Gasteiger partial charge >= 0.3 is 0 Å². The molecule has 358 valence electrons. The molecule has 0 radical (unpaired) electrons. The van der Waals surface area contributed by atoms with Crippen molar-refractivity contribution in [2.75, 3.05) is 35.5 Å². The number of nitrogens with one attached hydrogen (secondary N) is 2. The molecule has 0 aliphatic heterocycles. The number of sulfonamides is 2. The van der Waals surface area contributed by atoms with E-state index < -0.39 is 31.5 Å². The molecular formula is C51H50Cl2N6O8S2. The molecule has 2 heterocycles. The van der Waals surface area contributed by atoms with Crippen LogP contribution in [0.1, 0.15) is 51.3 Å². The van der Waals surface area contributed by atoms with Gasteiger partial charge in [-0.15, -0.1) is 0 Å². The summed E-state index contributed by atoms with van der Waals surface area (Å²) in [4.78, 5) is 33.4. The maximum absolute atomic E-state index is 14.1. The van der Waals surface area contributed by atoms with E-state index in [4.69, 9.17) is 27.9 Å². The van der Waals surface area contributed by atoms with Crippen molar-refractivity contribution in [2.45, 2.75) is 42.1 Å². The lowest BCUT2D eigenvalue weighted by molar-refractivity contribution is 0.0868. The van der Waals surface area contributed by atoms with E-state index in [2.05, 4.69) is 20.6 Å². The largest absolute Gasteiger partial charge is 0.394 e. The SMILES string of the molecule is CC(C)(CO)NC(=O)c1cccc(N(c2ccccc2Cc2ccc(Cl)cc2)S(=O)(=O)c2cccnc2)c1.COCCNC(=O)c1cccc(N(Cc2ccc(Cl)cc2)S(=O)(=O)c2cccnc2)c1. The third-order valence-electron chi connectivity index (χ3n) is 10.3. The number of amides is 2. The van der Waals surface area contributed by atoms with Crippen LogP contribution in [-0.2, 0) is 37.7 Å². The minimum atomic E-state index is -4.13. The minimum Gasteiger partial charge on any atom is -0.394 e. The Morgan fingerprint density at radius 3 is 1.80 bits per heavy atom. The van der Waals surface area contributed by atoms with Gasteiger partial charge in [0.25, 0.3) is 31.9 Å². The zero-order valence-electron chi connectivity index (χ0n) is 37.9. The molecule has 0 atom stereocenters. The number of rotatable bonds is 18. The highest BCUT2D eigenvalue weighted by Crippen LogP contribution is 2.36. The van der Waals surface area contributed by atoms with Crippen LogP contribution >= 0.6 is 23.2 Å². The zero-order chi connectivity index (χ0) is 49.6. The number of ether oxygens (including phenoxy) is 1. The fourth-order valence-electron chi connectivity index (χ4n) is 6.75. The maximum atomic E-state index is 14.1. The second-order valence-corrected chi connectivity index (χ2v) is 20.6. The topological polar surface area (TPSA) is 188 Å². The van der Waals surface area contributed by atoms with Crippen molar-refractivity contribution in [2.24, 2.45) is 0 Å². The highest BCUT2D eigenvalue weighted by Gasteiger charge is 2.30. The number of benzene rings is 5. The Labute approximate surface area is 412 Å². The zero-order valence-corrected chi connectivity index (χ0v) is 41.0. The molecule has 2 aromatic heterocycles. The van der Waals surface area contributed by atoms with Crippen LogP contribution in [0.3, 0.4) is 0 Å². The van der Waals surface area contributed by atoms with Crippen molar-refractivity contribution in [3.63, 3.8) is 0 Å². The van der Waals surface area contributed by atoms with Crippen molar-refractivity contribution in [3.05, 3.63) is 208 Å². The number of carbonyl (C=O) groups excluding carboxylic acids is 2. The van der Waals surface area contributed by atoms with Gasteiger partial charge in [-0.3, -0.25) is 23.9 Å². The summed E-state index contributed by atoms with van der Waals surface area (Å²) in [5.74, 6) is -0.747. The van der Waals surface area contributed by atoms with Gasteiger partial charge < -0.3 is 20.5 Å². The van der Waals surface area contributed by atoms with Crippen molar-refractivity contribution in [1.29, 1.82) is 0 Å².